The van der Waals surface area contributed by atoms with Crippen LogP contribution in [0.5, 0.6) is 0 Å². The number of amides is 2. The highest BCUT2D eigenvalue weighted by molar-refractivity contribution is 6.00. The molecule has 0 saturated carbocycles. The second kappa shape index (κ2) is 8.83. The van der Waals surface area contributed by atoms with Gasteiger partial charge < -0.3 is 15.1 Å². The summed E-state index contributed by atoms with van der Waals surface area (Å²) in [6.07, 6.45) is 7.04. The van der Waals surface area contributed by atoms with E-state index in [0.717, 1.165) is 31.4 Å². The van der Waals surface area contributed by atoms with E-state index in [1.165, 1.54) is 18.4 Å². The summed E-state index contributed by atoms with van der Waals surface area (Å²) in [6, 6.07) is 9.66. The molecule has 3 heterocycles. The number of fused-ring (bicyclic) bond motifs is 2. The molecule has 0 spiro atoms. The Kier molecular flexibility index (Phi) is 6.66. The summed E-state index contributed by atoms with van der Waals surface area (Å²) >= 11 is 0. The third-order valence-electron chi connectivity index (χ3n) is 6.60. The van der Waals surface area contributed by atoms with Crippen molar-refractivity contribution in [1.82, 2.24) is 10.2 Å². The van der Waals surface area contributed by atoms with Crippen molar-refractivity contribution in [3.8, 4) is 0 Å². The summed E-state index contributed by atoms with van der Waals surface area (Å²) in [7, 11) is 1.93. The molecule has 5 nitrogen and oxygen atoms in total. The first kappa shape index (κ1) is 21.1. The lowest BCUT2D eigenvalue weighted by molar-refractivity contribution is -0.137. The van der Waals surface area contributed by atoms with Crippen LogP contribution in [0.4, 0.5) is 5.69 Å². The Morgan fingerprint density at radius 1 is 1.18 bits per heavy atom. The number of rotatable bonds is 5. The zero-order valence-electron chi connectivity index (χ0n) is 16.9. The van der Waals surface area contributed by atoms with Crippen molar-refractivity contribution < 1.29 is 9.59 Å². The number of benzene rings is 1. The van der Waals surface area contributed by atoms with Gasteiger partial charge in [0.25, 0.3) is 0 Å². The van der Waals surface area contributed by atoms with Gasteiger partial charge in [-0.25, -0.2) is 0 Å². The molecule has 154 valence electrons. The van der Waals surface area contributed by atoms with Crippen LogP contribution < -0.4 is 10.2 Å². The minimum Gasteiger partial charge on any atom is -0.342 e. The summed E-state index contributed by atoms with van der Waals surface area (Å²) in [5, 5.41) is 3.63. The number of carbonyl (C=O) groups is 2. The molecule has 6 heteroatoms. The van der Waals surface area contributed by atoms with E-state index in [4.69, 9.17) is 0 Å². The molecule has 3 unspecified atom stereocenters. The number of halogens is 1. The maximum atomic E-state index is 13.1. The van der Waals surface area contributed by atoms with Crippen LogP contribution in [0.1, 0.15) is 51.0 Å². The zero-order chi connectivity index (χ0) is 19.0. The van der Waals surface area contributed by atoms with E-state index in [-0.39, 0.29) is 30.1 Å². The fraction of sp³-hybridized carbons (Fsp3) is 0.636. The lowest BCUT2D eigenvalue weighted by Gasteiger charge is -2.36. The monoisotopic (exact) mass is 405 g/mol. The molecule has 1 aromatic rings. The highest BCUT2D eigenvalue weighted by atomic mass is 35.5. The van der Waals surface area contributed by atoms with E-state index in [1.54, 1.807) is 4.90 Å². The molecular formula is C22H32ClN3O2. The van der Waals surface area contributed by atoms with E-state index in [0.29, 0.717) is 31.1 Å². The number of aryl methyl sites for hydroxylation is 1. The smallest absolute Gasteiger partial charge is 0.228 e. The lowest BCUT2D eigenvalue weighted by atomic mass is 9.97. The van der Waals surface area contributed by atoms with Gasteiger partial charge in [-0.2, -0.15) is 0 Å². The third kappa shape index (κ3) is 4.20. The second-order valence-corrected chi connectivity index (χ2v) is 8.53. The molecule has 1 N–H and O–H groups in total. The van der Waals surface area contributed by atoms with Crippen molar-refractivity contribution in [1.29, 1.82) is 0 Å². The van der Waals surface area contributed by atoms with E-state index in [2.05, 4.69) is 24.4 Å². The Morgan fingerprint density at radius 3 is 2.43 bits per heavy atom. The van der Waals surface area contributed by atoms with Crippen LogP contribution in [0.25, 0.3) is 0 Å². The summed E-state index contributed by atoms with van der Waals surface area (Å²) in [4.78, 5) is 29.4. The van der Waals surface area contributed by atoms with Crippen LogP contribution in [0, 0.1) is 5.92 Å². The van der Waals surface area contributed by atoms with Gasteiger partial charge in [0, 0.05) is 43.8 Å². The molecule has 3 atom stereocenters. The van der Waals surface area contributed by atoms with Gasteiger partial charge in [0.1, 0.15) is 0 Å². The lowest BCUT2D eigenvalue weighted by Crippen LogP contribution is -2.50. The Labute approximate surface area is 174 Å². The average molecular weight is 406 g/mol. The molecule has 1 aromatic carbocycles. The van der Waals surface area contributed by atoms with Gasteiger partial charge in [-0.3, -0.25) is 9.59 Å². The Bertz CT molecular complexity index is 696. The summed E-state index contributed by atoms with van der Waals surface area (Å²) in [6.45, 7) is 2.67. The quantitative estimate of drug-likeness (QED) is 0.818. The van der Waals surface area contributed by atoms with Gasteiger partial charge in [0.05, 0.1) is 5.92 Å². The molecule has 0 radical (unpaired) electrons. The maximum Gasteiger partial charge on any atom is 0.228 e. The molecule has 2 amide bonds. The number of nitrogens with zero attached hydrogens (tertiary/aromatic N) is 2. The summed E-state index contributed by atoms with van der Waals surface area (Å²) in [5.41, 5.74) is 2.21. The van der Waals surface area contributed by atoms with E-state index < -0.39 is 0 Å². The average Bonchev–Trinajstić information content (AvgIpc) is 3.23. The van der Waals surface area contributed by atoms with Gasteiger partial charge in [0.15, 0.2) is 0 Å². The zero-order valence-corrected chi connectivity index (χ0v) is 17.7. The Hall–Kier alpha value is -1.59. The predicted molar refractivity (Wildman–Crippen MR) is 114 cm³/mol. The standard InChI is InChI=1S/C22H31N3O2.ClH/c1-3-4-15-5-9-19(10-6-15)25-14-16(11-21(25)26)22(27)24(2)20-12-17-7-8-18(13-20)23-17;/h5-6,9-10,16-18,20,23H,3-4,7-8,11-14H2,1-2H3;1H. The minimum absolute atomic E-state index is 0. The summed E-state index contributed by atoms with van der Waals surface area (Å²) < 4.78 is 0. The Morgan fingerprint density at radius 2 is 1.82 bits per heavy atom. The number of carbonyl (C=O) groups excluding carboxylic acids is 2. The molecule has 4 rings (SSSR count). The third-order valence-corrected chi connectivity index (χ3v) is 6.60. The van der Waals surface area contributed by atoms with Crippen LogP contribution in [-0.4, -0.2) is 48.4 Å². The van der Waals surface area contributed by atoms with Crippen molar-refractivity contribution in [3.05, 3.63) is 29.8 Å². The first-order valence-corrected chi connectivity index (χ1v) is 10.5. The summed E-state index contributed by atoms with van der Waals surface area (Å²) in [5.74, 6) is -0.0134. The topological polar surface area (TPSA) is 52.7 Å². The highest BCUT2D eigenvalue weighted by Crippen LogP contribution is 2.32. The largest absolute Gasteiger partial charge is 0.342 e. The van der Waals surface area contributed by atoms with Gasteiger partial charge in [-0.15, -0.1) is 12.4 Å². The number of nitrogens with one attached hydrogen (secondary N) is 1. The predicted octanol–water partition coefficient (Wildman–Crippen LogP) is 3.16. The first-order chi connectivity index (χ1) is 13.0. The van der Waals surface area contributed by atoms with Crippen LogP contribution in [0.2, 0.25) is 0 Å². The van der Waals surface area contributed by atoms with Gasteiger partial charge in [-0.05, 0) is 49.8 Å². The minimum atomic E-state index is -0.217. The first-order valence-electron chi connectivity index (χ1n) is 10.5. The molecule has 0 aliphatic carbocycles. The number of hydrogen-bond acceptors (Lipinski definition) is 3. The molecular weight excluding hydrogens is 374 g/mol. The van der Waals surface area contributed by atoms with Crippen LogP contribution in [-0.2, 0) is 16.0 Å². The second-order valence-electron chi connectivity index (χ2n) is 8.53. The van der Waals surface area contributed by atoms with Crippen LogP contribution in [0.3, 0.4) is 0 Å². The molecule has 3 aliphatic rings. The van der Waals surface area contributed by atoms with Crippen molar-refractivity contribution in [2.45, 2.75) is 70.0 Å². The van der Waals surface area contributed by atoms with Crippen LogP contribution in [0.15, 0.2) is 24.3 Å². The molecule has 3 fully saturated rings. The SMILES string of the molecule is CCCc1ccc(N2CC(C(=O)N(C)C3CC4CCC(C3)N4)CC2=O)cc1.Cl. The van der Waals surface area contributed by atoms with E-state index >= 15 is 0 Å². The fourth-order valence-electron chi connectivity index (χ4n) is 5.07. The molecule has 3 aliphatic heterocycles. The van der Waals surface area contributed by atoms with Crippen molar-refractivity contribution in [3.63, 3.8) is 0 Å². The highest BCUT2D eigenvalue weighted by Gasteiger charge is 2.41. The van der Waals surface area contributed by atoms with Crippen molar-refractivity contribution >= 4 is 29.9 Å². The van der Waals surface area contributed by atoms with Gasteiger partial charge in [-0.1, -0.05) is 25.5 Å². The molecule has 3 saturated heterocycles. The molecule has 0 aromatic heterocycles. The normalized spacial score (nSPS) is 28.9. The fourth-order valence-corrected chi connectivity index (χ4v) is 5.07. The van der Waals surface area contributed by atoms with E-state index in [1.807, 2.05) is 24.1 Å². The van der Waals surface area contributed by atoms with Crippen molar-refractivity contribution in [2.24, 2.45) is 5.92 Å². The molecule has 28 heavy (non-hydrogen) atoms. The Balaban J connectivity index is 0.00000225. The number of anilines is 1. The van der Waals surface area contributed by atoms with Gasteiger partial charge >= 0.3 is 0 Å². The van der Waals surface area contributed by atoms with Gasteiger partial charge in [0.2, 0.25) is 11.8 Å². The molecule has 2 bridgehead atoms. The maximum absolute atomic E-state index is 13.1. The van der Waals surface area contributed by atoms with Crippen LogP contribution >= 0.6 is 12.4 Å². The number of piperidine rings is 1. The number of hydrogen-bond donors (Lipinski definition) is 1. The van der Waals surface area contributed by atoms with E-state index in [9.17, 15) is 9.59 Å². The van der Waals surface area contributed by atoms with Crippen molar-refractivity contribution in [2.75, 3.05) is 18.5 Å².